The van der Waals surface area contributed by atoms with Gasteiger partial charge in [0.1, 0.15) is 0 Å². The van der Waals surface area contributed by atoms with E-state index >= 15 is 0 Å². The molecule has 0 aliphatic carbocycles. The molecule has 3 rings (SSSR count). The number of ether oxygens (including phenoxy) is 2. The maximum atomic E-state index is 5.85. The summed E-state index contributed by atoms with van der Waals surface area (Å²) in [5.41, 5.74) is 1.54. The Balaban J connectivity index is 2.02. The Labute approximate surface area is 121 Å². The standard InChI is InChI=1S/C17H25NO2/c1-16(2,3)17(8-4-9-18-17)13-6-7-14-15(12-13)20-11-5-10-19-14/h6-7,12,18H,4-5,8-11H2,1-3H3. The summed E-state index contributed by atoms with van der Waals surface area (Å²) < 4.78 is 11.6. The van der Waals surface area contributed by atoms with Crippen LogP contribution in [0.1, 0.15) is 45.6 Å². The molecule has 110 valence electrons. The van der Waals surface area contributed by atoms with E-state index < -0.39 is 0 Å². The quantitative estimate of drug-likeness (QED) is 0.851. The summed E-state index contributed by atoms with van der Waals surface area (Å²) in [5, 5.41) is 3.75. The van der Waals surface area contributed by atoms with Gasteiger partial charge in [0.05, 0.1) is 13.2 Å². The van der Waals surface area contributed by atoms with Crippen molar-refractivity contribution in [1.29, 1.82) is 0 Å². The first-order valence-corrected chi connectivity index (χ1v) is 7.68. The van der Waals surface area contributed by atoms with Crippen LogP contribution in [0.2, 0.25) is 0 Å². The van der Waals surface area contributed by atoms with Gasteiger partial charge in [0, 0.05) is 12.0 Å². The van der Waals surface area contributed by atoms with Gasteiger partial charge in [0.2, 0.25) is 0 Å². The fourth-order valence-electron chi connectivity index (χ4n) is 3.49. The highest BCUT2D eigenvalue weighted by atomic mass is 16.5. The van der Waals surface area contributed by atoms with Crippen molar-refractivity contribution in [2.75, 3.05) is 19.8 Å². The number of nitrogens with one attached hydrogen (secondary N) is 1. The first kappa shape index (κ1) is 13.7. The molecule has 0 saturated carbocycles. The number of benzene rings is 1. The molecular formula is C17H25NO2. The fraction of sp³-hybridized carbons (Fsp3) is 0.647. The minimum absolute atomic E-state index is 0.0394. The second-order valence-electron chi connectivity index (χ2n) is 6.90. The molecule has 1 aromatic carbocycles. The average Bonchev–Trinajstić information content (AvgIpc) is 2.79. The van der Waals surface area contributed by atoms with Gasteiger partial charge in [0.25, 0.3) is 0 Å². The zero-order valence-corrected chi connectivity index (χ0v) is 12.8. The number of hydrogen-bond acceptors (Lipinski definition) is 3. The first-order chi connectivity index (χ1) is 9.53. The first-order valence-electron chi connectivity index (χ1n) is 7.68. The average molecular weight is 275 g/mol. The van der Waals surface area contributed by atoms with Crippen LogP contribution in [0.4, 0.5) is 0 Å². The fourth-order valence-corrected chi connectivity index (χ4v) is 3.49. The van der Waals surface area contributed by atoms with E-state index in [1.165, 1.54) is 18.4 Å². The second kappa shape index (κ2) is 4.96. The lowest BCUT2D eigenvalue weighted by Crippen LogP contribution is -2.48. The molecule has 1 atom stereocenters. The Morgan fingerprint density at radius 3 is 2.45 bits per heavy atom. The number of rotatable bonds is 1. The Hall–Kier alpha value is -1.22. The van der Waals surface area contributed by atoms with Crippen molar-refractivity contribution < 1.29 is 9.47 Å². The molecule has 1 unspecified atom stereocenters. The molecule has 0 aromatic heterocycles. The predicted molar refractivity (Wildman–Crippen MR) is 80.4 cm³/mol. The van der Waals surface area contributed by atoms with Crippen molar-refractivity contribution in [3.8, 4) is 11.5 Å². The van der Waals surface area contributed by atoms with E-state index in [1.54, 1.807) is 0 Å². The molecule has 1 aromatic rings. The van der Waals surface area contributed by atoms with E-state index in [-0.39, 0.29) is 11.0 Å². The molecule has 0 radical (unpaired) electrons. The normalized spacial score (nSPS) is 26.4. The third-order valence-electron chi connectivity index (χ3n) is 4.68. The summed E-state index contributed by atoms with van der Waals surface area (Å²) in [7, 11) is 0. The summed E-state index contributed by atoms with van der Waals surface area (Å²) in [6.45, 7) is 9.52. The van der Waals surface area contributed by atoms with E-state index in [4.69, 9.17) is 9.47 Å². The van der Waals surface area contributed by atoms with Gasteiger partial charge in [-0.3, -0.25) is 0 Å². The van der Waals surface area contributed by atoms with Crippen LogP contribution in [-0.2, 0) is 5.54 Å². The molecule has 2 heterocycles. The maximum Gasteiger partial charge on any atom is 0.161 e. The Kier molecular flexibility index (Phi) is 3.41. The van der Waals surface area contributed by atoms with Crippen molar-refractivity contribution in [1.82, 2.24) is 5.32 Å². The highest BCUT2D eigenvalue weighted by molar-refractivity contribution is 5.46. The number of fused-ring (bicyclic) bond motifs is 1. The van der Waals surface area contributed by atoms with E-state index in [0.29, 0.717) is 0 Å². The molecule has 2 aliphatic rings. The smallest absolute Gasteiger partial charge is 0.161 e. The largest absolute Gasteiger partial charge is 0.490 e. The van der Waals surface area contributed by atoms with Crippen molar-refractivity contribution in [3.63, 3.8) is 0 Å². The zero-order chi connectivity index (χ0) is 14.2. The van der Waals surface area contributed by atoms with Crippen LogP contribution in [0.25, 0.3) is 0 Å². The molecular weight excluding hydrogens is 250 g/mol. The summed E-state index contributed by atoms with van der Waals surface area (Å²) in [5.74, 6) is 1.78. The lowest BCUT2D eigenvalue weighted by molar-refractivity contribution is 0.160. The Bertz CT molecular complexity index is 484. The summed E-state index contributed by atoms with van der Waals surface area (Å²) in [6.07, 6.45) is 3.36. The molecule has 20 heavy (non-hydrogen) atoms. The van der Waals surface area contributed by atoms with Crippen molar-refractivity contribution in [2.24, 2.45) is 5.41 Å². The van der Waals surface area contributed by atoms with Gasteiger partial charge in [-0.15, -0.1) is 0 Å². The van der Waals surface area contributed by atoms with Gasteiger partial charge in [-0.2, -0.15) is 0 Å². The summed E-state index contributed by atoms with van der Waals surface area (Å²) in [4.78, 5) is 0. The predicted octanol–water partition coefficient (Wildman–Crippen LogP) is 3.47. The Morgan fingerprint density at radius 2 is 1.80 bits per heavy atom. The molecule has 0 spiro atoms. The van der Waals surface area contributed by atoms with Crippen LogP contribution in [0, 0.1) is 5.41 Å². The van der Waals surface area contributed by atoms with Gasteiger partial charge in [-0.1, -0.05) is 26.8 Å². The van der Waals surface area contributed by atoms with Crippen LogP contribution in [0.15, 0.2) is 18.2 Å². The van der Waals surface area contributed by atoms with Crippen LogP contribution in [0.5, 0.6) is 11.5 Å². The highest BCUT2D eigenvalue weighted by Crippen LogP contribution is 2.47. The van der Waals surface area contributed by atoms with Crippen LogP contribution >= 0.6 is 0 Å². The second-order valence-corrected chi connectivity index (χ2v) is 6.90. The van der Waals surface area contributed by atoms with E-state index in [9.17, 15) is 0 Å². The number of hydrogen-bond donors (Lipinski definition) is 1. The minimum Gasteiger partial charge on any atom is -0.490 e. The molecule has 1 fully saturated rings. The zero-order valence-electron chi connectivity index (χ0n) is 12.8. The molecule has 2 aliphatic heterocycles. The molecule has 1 N–H and O–H groups in total. The van der Waals surface area contributed by atoms with Gasteiger partial charge < -0.3 is 14.8 Å². The molecule has 0 bridgehead atoms. The highest BCUT2D eigenvalue weighted by Gasteiger charge is 2.45. The topological polar surface area (TPSA) is 30.5 Å². The third-order valence-corrected chi connectivity index (χ3v) is 4.68. The molecule has 1 saturated heterocycles. The monoisotopic (exact) mass is 275 g/mol. The lowest BCUT2D eigenvalue weighted by Gasteiger charge is -2.43. The van der Waals surface area contributed by atoms with E-state index in [0.717, 1.165) is 37.7 Å². The van der Waals surface area contributed by atoms with E-state index in [2.05, 4.69) is 44.3 Å². The lowest BCUT2D eigenvalue weighted by atomic mass is 9.68. The molecule has 3 heteroatoms. The van der Waals surface area contributed by atoms with Gasteiger partial charge in [-0.05, 0) is 42.5 Å². The molecule has 0 amide bonds. The SMILES string of the molecule is CC(C)(C)C1(c2ccc3c(c2)OCCCO3)CCCN1. The van der Waals surface area contributed by atoms with Gasteiger partial charge in [0.15, 0.2) is 11.5 Å². The molecule has 3 nitrogen and oxygen atoms in total. The summed E-state index contributed by atoms with van der Waals surface area (Å²) >= 11 is 0. The minimum atomic E-state index is 0.0394. The summed E-state index contributed by atoms with van der Waals surface area (Å²) in [6, 6.07) is 6.46. The van der Waals surface area contributed by atoms with Gasteiger partial charge in [-0.25, -0.2) is 0 Å². The third kappa shape index (κ3) is 2.18. The van der Waals surface area contributed by atoms with Crippen molar-refractivity contribution in [3.05, 3.63) is 23.8 Å². The van der Waals surface area contributed by atoms with Crippen LogP contribution in [0.3, 0.4) is 0 Å². The Morgan fingerprint density at radius 1 is 1.05 bits per heavy atom. The van der Waals surface area contributed by atoms with Crippen molar-refractivity contribution in [2.45, 2.75) is 45.6 Å². The van der Waals surface area contributed by atoms with Crippen LogP contribution in [-0.4, -0.2) is 19.8 Å². The van der Waals surface area contributed by atoms with Crippen molar-refractivity contribution >= 4 is 0 Å². The van der Waals surface area contributed by atoms with Crippen LogP contribution < -0.4 is 14.8 Å². The van der Waals surface area contributed by atoms with E-state index in [1.807, 2.05) is 0 Å². The van der Waals surface area contributed by atoms with Gasteiger partial charge >= 0.3 is 0 Å². The maximum absolute atomic E-state index is 5.85.